The van der Waals surface area contributed by atoms with Crippen molar-refractivity contribution in [2.45, 2.75) is 59.5 Å². The summed E-state index contributed by atoms with van der Waals surface area (Å²) in [5.41, 5.74) is 10.2. The Morgan fingerprint density at radius 3 is 2.48 bits per heavy atom. The minimum absolute atomic E-state index is 0.0323. The molecule has 0 aliphatic carbocycles. The molecule has 0 spiro atoms. The number of thiocarbonyl (C=S) groups is 1. The van der Waals surface area contributed by atoms with Crippen LogP contribution in [0.1, 0.15) is 64.8 Å². The summed E-state index contributed by atoms with van der Waals surface area (Å²) >= 11 is 5.88. The van der Waals surface area contributed by atoms with Crippen molar-refractivity contribution in [2.75, 3.05) is 11.9 Å². The molecular formula is C33H37N5OS. The summed E-state index contributed by atoms with van der Waals surface area (Å²) in [6.45, 7) is 11.2. The fourth-order valence-electron chi connectivity index (χ4n) is 5.89. The number of para-hydroxylation sites is 2. The van der Waals surface area contributed by atoms with E-state index in [1.807, 2.05) is 55.6 Å². The molecule has 206 valence electrons. The van der Waals surface area contributed by atoms with Crippen molar-refractivity contribution >= 4 is 28.9 Å². The molecule has 4 aromatic rings. The lowest BCUT2D eigenvalue weighted by atomic mass is 9.96. The Hall–Kier alpha value is -3.97. The van der Waals surface area contributed by atoms with Gasteiger partial charge in [-0.3, -0.25) is 9.78 Å². The van der Waals surface area contributed by atoms with Crippen LogP contribution in [0, 0.1) is 27.7 Å². The molecule has 5 rings (SSSR count). The number of rotatable bonds is 8. The van der Waals surface area contributed by atoms with Gasteiger partial charge in [-0.25, -0.2) is 0 Å². The molecule has 2 atom stereocenters. The predicted octanol–water partition coefficient (Wildman–Crippen LogP) is 6.67. The van der Waals surface area contributed by atoms with Crippen molar-refractivity contribution in [1.29, 1.82) is 0 Å². The number of carbonyl (C=O) groups is 1. The van der Waals surface area contributed by atoms with E-state index in [0.29, 0.717) is 18.1 Å². The Bertz CT molecular complexity index is 1540. The van der Waals surface area contributed by atoms with Gasteiger partial charge in [0, 0.05) is 36.2 Å². The summed E-state index contributed by atoms with van der Waals surface area (Å²) in [4.78, 5) is 19.9. The summed E-state index contributed by atoms with van der Waals surface area (Å²) in [6.07, 6.45) is 3.09. The minimum atomic E-state index is -0.135. The number of pyridine rings is 1. The van der Waals surface area contributed by atoms with Crippen LogP contribution in [0.15, 0.2) is 72.9 Å². The summed E-state index contributed by atoms with van der Waals surface area (Å²) in [5, 5.41) is 7.24. The number of benzene rings is 2. The van der Waals surface area contributed by atoms with Gasteiger partial charge < -0.3 is 20.1 Å². The van der Waals surface area contributed by atoms with E-state index in [4.69, 9.17) is 12.2 Å². The number of carbonyl (C=O) groups excluding carboxylic acids is 1. The third-order valence-corrected chi connectivity index (χ3v) is 8.26. The summed E-state index contributed by atoms with van der Waals surface area (Å²) in [7, 11) is 0. The van der Waals surface area contributed by atoms with E-state index in [1.54, 1.807) is 0 Å². The second-order valence-electron chi connectivity index (χ2n) is 10.5. The van der Waals surface area contributed by atoms with Crippen molar-refractivity contribution in [3.8, 4) is 5.69 Å². The Morgan fingerprint density at radius 1 is 1.00 bits per heavy atom. The number of hydrogen-bond acceptors (Lipinski definition) is 3. The Labute approximate surface area is 242 Å². The van der Waals surface area contributed by atoms with Gasteiger partial charge in [-0.2, -0.15) is 0 Å². The largest absolute Gasteiger partial charge is 0.352 e. The molecular weight excluding hydrogens is 514 g/mol. The number of aryl methyl sites for hydroxylation is 4. The molecule has 1 saturated heterocycles. The molecule has 2 aromatic carbocycles. The first kappa shape index (κ1) is 27.6. The van der Waals surface area contributed by atoms with Gasteiger partial charge in [0.05, 0.1) is 23.5 Å². The maximum Gasteiger partial charge on any atom is 0.226 e. The van der Waals surface area contributed by atoms with Crippen molar-refractivity contribution in [1.82, 2.24) is 19.8 Å². The van der Waals surface area contributed by atoms with Gasteiger partial charge in [-0.05, 0) is 92.9 Å². The first-order chi connectivity index (χ1) is 19.3. The summed E-state index contributed by atoms with van der Waals surface area (Å²) < 4.78 is 2.38. The first-order valence-corrected chi connectivity index (χ1v) is 14.3. The van der Waals surface area contributed by atoms with E-state index in [9.17, 15) is 4.79 Å². The Morgan fingerprint density at radius 2 is 1.75 bits per heavy atom. The topological polar surface area (TPSA) is 62.2 Å². The fourth-order valence-corrected chi connectivity index (χ4v) is 6.22. The maximum absolute atomic E-state index is 13.0. The van der Waals surface area contributed by atoms with Crippen LogP contribution in [0.5, 0.6) is 0 Å². The van der Waals surface area contributed by atoms with Crippen LogP contribution >= 0.6 is 12.2 Å². The van der Waals surface area contributed by atoms with Gasteiger partial charge >= 0.3 is 0 Å². The molecule has 0 radical (unpaired) electrons. The number of nitrogens with one attached hydrogen (secondary N) is 2. The first-order valence-electron chi connectivity index (χ1n) is 13.9. The molecule has 0 saturated carbocycles. The van der Waals surface area contributed by atoms with Gasteiger partial charge in [0.15, 0.2) is 5.11 Å². The van der Waals surface area contributed by atoms with Crippen LogP contribution in [0.4, 0.5) is 5.69 Å². The molecule has 0 bridgehead atoms. The highest BCUT2D eigenvalue weighted by Gasteiger charge is 2.41. The van der Waals surface area contributed by atoms with Crippen molar-refractivity contribution in [2.24, 2.45) is 0 Å². The van der Waals surface area contributed by atoms with Gasteiger partial charge in [0.1, 0.15) is 0 Å². The summed E-state index contributed by atoms with van der Waals surface area (Å²) in [6, 6.07) is 22.4. The number of hydrogen-bond donors (Lipinski definition) is 2. The molecule has 1 aliphatic heterocycles. The molecule has 7 heteroatoms. The number of nitrogens with zero attached hydrogens (tertiary/aromatic N) is 3. The molecule has 6 nitrogen and oxygen atoms in total. The molecule has 2 aromatic heterocycles. The highest BCUT2D eigenvalue weighted by Crippen LogP contribution is 2.42. The van der Waals surface area contributed by atoms with Crippen LogP contribution in [0.25, 0.3) is 5.69 Å². The van der Waals surface area contributed by atoms with Gasteiger partial charge in [0.25, 0.3) is 0 Å². The molecule has 1 amide bonds. The highest BCUT2D eigenvalue weighted by atomic mass is 32.1. The van der Waals surface area contributed by atoms with Gasteiger partial charge in [0.2, 0.25) is 5.91 Å². The van der Waals surface area contributed by atoms with Crippen molar-refractivity contribution < 1.29 is 4.79 Å². The average molecular weight is 552 g/mol. The zero-order chi connectivity index (χ0) is 28.4. The quantitative estimate of drug-likeness (QED) is 0.240. The zero-order valence-electron chi connectivity index (χ0n) is 23.9. The lowest BCUT2D eigenvalue weighted by Gasteiger charge is -2.28. The minimum Gasteiger partial charge on any atom is -0.352 e. The van der Waals surface area contributed by atoms with Gasteiger partial charge in [-0.1, -0.05) is 49.4 Å². The van der Waals surface area contributed by atoms with Crippen molar-refractivity contribution in [3.05, 3.63) is 112 Å². The standard InChI is InChI=1S/C33H37N5OS/c1-6-25-14-11-13-22(3)31(25)38-23(4)20-26(24(38)5)32-30(28-16-9-10-18-34-28)36-33(40)37(32)19-17-29(39)35-27-15-8-7-12-21(27)2/h7-16,18,20,30,32H,6,17,19H2,1-5H3,(H,35,39)(H,36,40)/t30-,32-/m0/s1. The maximum atomic E-state index is 13.0. The van der Waals surface area contributed by atoms with Crippen LogP contribution < -0.4 is 10.6 Å². The molecule has 0 unspecified atom stereocenters. The monoisotopic (exact) mass is 551 g/mol. The Kier molecular flexibility index (Phi) is 8.03. The smallest absolute Gasteiger partial charge is 0.226 e. The second kappa shape index (κ2) is 11.6. The molecule has 1 fully saturated rings. The van der Waals surface area contributed by atoms with E-state index in [-0.39, 0.29) is 18.0 Å². The van der Waals surface area contributed by atoms with Crippen LogP contribution in [-0.4, -0.2) is 32.0 Å². The predicted molar refractivity (Wildman–Crippen MR) is 166 cm³/mol. The van der Waals surface area contributed by atoms with Gasteiger partial charge in [-0.15, -0.1) is 0 Å². The lowest BCUT2D eigenvalue weighted by molar-refractivity contribution is -0.116. The highest BCUT2D eigenvalue weighted by molar-refractivity contribution is 7.80. The SMILES string of the molecule is CCc1cccc(C)c1-n1c(C)cc([C@H]2[C@H](c3ccccn3)NC(=S)N2CCC(=O)Nc2ccccc2C)c1C. The normalized spacial score (nSPS) is 16.7. The molecule has 3 heterocycles. The number of amides is 1. The summed E-state index contributed by atoms with van der Waals surface area (Å²) in [5.74, 6) is -0.0323. The third kappa shape index (κ3) is 5.26. The number of aromatic nitrogens is 2. The molecule has 2 N–H and O–H groups in total. The van der Waals surface area contributed by atoms with E-state index in [0.717, 1.165) is 23.4 Å². The zero-order valence-corrected chi connectivity index (χ0v) is 24.7. The van der Waals surface area contributed by atoms with Crippen molar-refractivity contribution in [3.63, 3.8) is 0 Å². The van der Waals surface area contributed by atoms with Crippen LogP contribution in [0.3, 0.4) is 0 Å². The van der Waals surface area contributed by atoms with E-state index < -0.39 is 0 Å². The second-order valence-corrected chi connectivity index (χ2v) is 10.9. The fraction of sp³-hybridized carbons (Fsp3) is 0.303. The molecule has 1 aliphatic rings. The van der Waals surface area contributed by atoms with E-state index in [2.05, 4.69) is 77.0 Å². The lowest BCUT2D eigenvalue weighted by Crippen LogP contribution is -2.33. The molecule has 40 heavy (non-hydrogen) atoms. The average Bonchev–Trinajstić information content (AvgIpc) is 3.43. The van der Waals surface area contributed by atoms with E-state index in [1.165, 1.54) is 33.8 Å². The van der Waals surface area contributed by atoms with E-state index >= 15 is 0 Å². The third-order valence-electron chi connectivity index (χ3n) is 7.91. The van der Waals surface area contributed by atoms with Crippen LogP contribution in [-0.2, 0) is 11.2 Å². The Balaban J connectivity index is 1.51. The van der Waals surface area contributed by atoms with Crippen LogP contribution in [0.2, 0.25) is 0 Å². The number of anilines is 1.